The fourth-order valence-electron chi connectivity index (χ4n) is 3.34. The lowest BCUT2D eigenvalue weighted by molar-refractivity contribution is -0.125. The van der Waals surface area contributed by atoms with Crippen molar-refractivity contribution < 1.29 is 27.8 Å². The van der Waals surface area contributed by atoms with E-state index in [1.165, 1.54) is 31.4 Å². The maximum absolute atomic E-state index is 12.5. The first-order valence-electron chi connectivity index (χ1n) is 7.60. The molecule has 0 saturated carbocycles. The van der Waals surface area contributed by atoms with Crippen LogP contribution in [0.5, 0.6) is 0 Å². The third-order valence-electron chi connectivity index (χ3n) is 4.58. The van der Waals surface area contributed by atoms with Crippen LogP contribution < -0.4 is 5.73 Å². The van der Waals surface area contributed by atoms with Crippen molar-refractivity contribution in [2.24, 2.45) is 11.7 Å². The van der Waals surface area contributed by atoms with Crippen LogP contribution in [0.3, 0.4) is 0 Å². The summed E-state index contributed by atoms with van der Waals surface area (Å²) in [6.07, 6.45) is 5.43. The van der Waals surface area contributed by atoms with E-state index >= 15 is 0 Å². The maximum Gasteiger partial charge on any atom is 0.287 e. The van der Waals surface area contributed by atoms with Crippen LogP contribution in [0.25, 0.3) is 0 Å². The standard InChI is InChI=1S/C16H17N3O6S/c1-8-5-11-7-18(22)13-4-3-10(9(2)14(17)20)6-12(13)16(26(23,24)25)19(11)15(8)21/h3-5,7,12,16,22H,2,6H2,1H3,(H2,17,20)(H,23,24,25). The fraction of sp³-hybridized carbons (Fsp3) is 0.250. The van der Waals surface area contributed by atoms with Crippen LogP contribution in [0.1, 0.15) is 13.3 Å². The van der Waals surface area contributed by atoms with Crippen molar-refractivity contribution in [3.05, 3.63) is 59.1 Å². The zero-order chi connectivity index (χ0) is 19.4. The summed E-state index contributed by atoms with van der Waals surface area (Å²) in [5, 5.41) is 9.35. The van der Waals surface area contributed by atoms with E-state index in [0.717, 1.165) is 4.90 Å². The van der Waals surface area contributed by atoms with Gasteiger partial charge in [-0.25, -0.2) is 5.06 Å². The zero-order valence-electron chi connectivity index (χ0n) is 13.8. The van der Waals surface area contributed by atoms with E-state index in [1.807, 2.05) is 0 Å². The Morgan fingerprint density at radius 2 is 2.04 bits per heavy atom. The quantitative estimate of drug-likeness (QED) is 0.476. The van der Waals surface area contributed by atoms with Gasteiger partial charge in [-0.15, -0.1) is 0 Å². The van der Waals surface area contributed by atoms with Gasteiger partial charge >= 0.3 is 0 Å². The number of nitrogens with zero attached hydrogens (tertiary/aromatic N) is 2. The minimum Gasteiger partial charge on any atom is -0.366 e. The minimum atomic E-state index is -4.74. The monoisotopic (exact) mass is 379 g/mol. The predicted molar refractivity (Wildman–Crippen MR) is 90.3 cm³/mol. The second-order valence-corrected chi connectivity index (χ2v) is 7.76. The van der Waals surface area contributed by atoms with Crippen molar-refractivity contribution in [2.45, 2.75) is 18.7 Å². The van der Waals surface area contributed by atoms with Crippen LogP contribution in [0, 0.1) is 5.92 Å². The van der Waals surface area contributed by atoms with E-state index < -0.39 is 33.2 Å². The second kappa shape index (κ2) is 5.94. The molecule has 2 heterocycles. The van der Waals surface area contributed by atoms with Crippen molar-refractivity contribution in [3.8, 4) is 0 Å². The summed E-state index contributed by atoms with van der Waals surface area (Å²) >= 11 is 0. The SMILES string of the molecule is C=C(C(N)=O)C1=CC=C2C(C1)C(S(=O)(=O)O)N1C(=O)C(C)=CC1=CN2O. The molecule has 2 amide bonds. The average molecular weight is 379 g/mol. The summed E-state index contributed by atoms with van der Waals surface area (Å²) in [5.41, 5.74) is 6.11. The highest BCUT2D eigenvalue weighted by molar-refractivity contribution is 7.86. The molecule has 0 fully saturated rings. The van der Waals surface area contributed by atoms with Gasteiger partial charge in [-0.3, -0.25) is 24.2 Å². The van der Waals surface area contributed by atoms with Crippen molar-refractivity contribution in [2.75, 3.05) is 0 Å². The molecule has 9 nitrogen and oxygen atoms in total. The van der Waals surface area contributed by atoms with Crippen molar-refractivity contribution >= 4 is 21.9 Å². The highest BCUT2D eigenvalue weighted by Crippen LogP contribution is 2.42. The van der Waals surface area contributed by atoms with E-state index in [0.29, 0.717) is 10.6 Å². The van der Waals surface area contributed by atoms with Gasteiger partial charge in [0.15, 0.2) is 5.37 Å². The molecular weight excluding hydrogens is 362 g/mol. The third kappa shape index (κ3) is 2.77. The molecule has 0 saturated heterocycles. The van der Waals surface area contributed by atoms with E-state index in [-0.39, 0.29) is 29.0 Å². The van der Waals surface area contributed by atoms with Gasteiger partial charge in [0, 0.05) is 17.1 Å². The van der Waals surface area contributed by atoms with E-state index in [9.17, 15) is 27.8 Å². The maximum atomic E-state index is 12.5. The minimum absolute atomic E-state index is 0.0154. The Labute approximate surface area is 149 Å². The summed E-state index contributed by atoms with van der Waals surface area (Å²) in [6.45, 7) is 5.07. The van der Waals surface area contributed by atoms with Gasteiger partial charge in [-0.2, -0.15) is 8.42 Å². The first kappa shape index (κ1) is 18.1. The third-order valence-corrected chi connectivity index (χ3v) is 5.73. The molecule has 4 N–H and O–H groups in total. The van der Waals surface area contributed by atoms with E-state index in [4.69, 9.17) is 5.73 Å². The topological polar surface area (TPSA) is 141 Å². The van der Waals surface area contributed by atoms with Gasteiger partial charge in [0.05, 0.1) is 17.6 Å². The molecule has 26 heavy (non-hydrogen) atoms. The summed E-state index contributed by atoms with van der Waals surface area (Å²) < 4.78 is 34.2. The normalized spacial score (nSPS) is 25.4. The Kier molecular flexibility index (Phi) is 4.14. The Balaban J connectivity index is 2.16. The number of hydroxylamine groups is 2. The molecule has 0 aromatic heterocycles. The zero-order valence-corrected chi connectivity index (χ0v) is 14.6. The van der Waals surface area contributed by atoms with Gasteiger partial charge in [0.2, 0.25) is 5.91 Å². The number of rotatable bonds is 3. The Hall–Kier alpha value is -2.69. The molecule has 0 aromatic rings. The van der Waals surface area contributed by atoms with Crippen LogP contribution in [0.4, 0.5) is 0 Å². The van der Waals surface area contributed by atoms with Crippen LogP contribution in [-0.4, -0.2) is 45.3 Å². The van der Waals surface area contributed by atoms with Crippen LogP contribution in [-0.2, 0) is 19.7 Å². The highest BCUT2D eigenvalue weighted by Gasteiger charge is 2.48. The molecule has 0 aromatic carbocycles. The number of hydrogen-bond acceptors (Lipinski definition) is 6. The van der Waals surface area contributed by atoms with Gasteiger partial charge in [-0.05, 0) is 31.1 Å². The second-order valence-electron chi connectivity index (χ2n) is 6.24. The van der Waals surface area contributed by atoms with E-state index in [1.54, 1.807) is 0 Å². The van der Waals surface area contributed by atoms with Crippen LogP contribution in [0.2, 0.25) is 0 Å². The molecule has 138 valence electrons. The summed E-state index contributed by atoms with van der Waals surface area (Å²) in [5.74, 6) is -2.42. The van der Waals surface area contributed by atoms with Crippen molar-refractivity contribution in [1.82, 2.24) is 9.96 Å². The summed E-state index contributed by atoms with van der Waals surface area (Å²) in [7, 11) is -4.74. The molecule has 3 rings (SSSR count). The highest BCUT2D eigenvalue weighted by atomic mass is 32.2. The lowest BCUT2D eigenvalue weighted by Crippen LogP contribution is -2.47. The van der Waals surface area contributed by atoms with Crippen molar-refractivity contribution in [1.29, 1.82) is 0 Å². The lowest BCUT2D eigenvalue weighted by Gasteiger charge is -2.34. The van der Waals surface area contributed by atoms with Gasteiger partial charge in [0.25, 0.3) is 16.0 Å². The molecule has 0 bridgehead atoms. The van der Waals surface area contributed by atoms with Crippen LogP contribution in [0.15, 0.2) is 59.1 Å². The molecule has 3 aliphatic rings. The molecule has 0 radical (unpaired) electrons. The number of carbonyl (C=O) groups is 2. The fourth-order valence-corrected chi connectivity index (χ4v) is 4.47. The smallest absolute Gasteiger partial charge is 0.287 e. The predicted octanol–water partition coefficient (Wildman–Crippen LogP) is 0.407. The Morgan fingerprint density at radius 1 is 1.38 bits per heavy atom. The summed E-state index contributed by atoms with van der Waals surface area (Å²) in [4.78, 5) is 24.8. The van der Waals surface area contributed by atoms with Gasteiger partial charge in [0.1, 0.15) is 0 Å². The van der Waals surface area contributed by atoms with Gasteiger partial charge in [-0.1, -0.05) is 12.7 Å². The number of hydrogen-bond donors (Lipinski definition) is 3. The summed E-state index contributed by atoms with van der Waals surface area (Å²) in [6, 6.07) is 0. The Morgan fingerprint density at radius 3 is 2.62 bits per heavy atom. The molecule has 10 heteroatoms. The number of carbonyl (C=O) groups excluding carboxylic acids is 2. The lowest BCUT2D eigenvalue weighted by atomic mass is 9.87. The molecule has 2 aliphatic heterocycles. The van der Waals surface area contributed by atoms with E-state index in [2.05, 4.69) is 6.58 Å². The molecule has 2 atom stereocenters. The molecule has 2 unspecified atom stereocenters. The first-order chi connectivity index (χ1) is 12.0. The largest absolute Gasteiger partial charge is 0.366 e. The number of fused-ring (bicyclic) bond motifs is 2. The number of allylic oxidation sites excluding steroid dienone is 3. The number of nitrogens with two attached hydrogens (primary N) is 1. The average Bonchev–Trinajstić information content (AvgIpc) is 2.73. The first-order valence-corrected chi connectivity index (χ1v) is 9.10. The number of amides is 2. The molecule has 1 aliphatic carbocycles. The Bertz CT molecular complexity index is 956. The van der Waals surface area contributed by atoms with Gasteiger partial charge < -0.3 is 5.73 Å². The van der Waals surface area contributed by atoms with Crippen LogP contribution >= 0.6 is 0 Å². The molecule has 0 spiro atoms. The number of primary amides is 1. The molecular formula is C16H17N3O6S. The van der Waals surface area contributed by atoms with Crippen molar-refractivity contribution in [3.63, 3.8) is 0 Å².